The molecule has 3 rings (SSSR count). The van der Waals surface area contributed by atoms with Gasteiger partial charge in [0.15, 0.2) is 5.96 Å². The van der Waals surface area contributed by atoms with Gasteiger partial charge in [0.1, 0.15) is 0 Å². The summed E-state index contributed by atoms with van der Waals surface area (Å²) < 4.78 is 0. The summed E-state index contributed by atoms with van der Waals surface area (Å²) in [6.07, 6.45) is 8.01. The van der Waals surface area contributed by atoms with E-state index in [0.717, 1.165) is 44.0 Å². The standard InChI is InChI=1S/C22H43N5/c1-5-23-21(26-16-19(2)15-20(3)17-26)24-18-22(9-13-25(4)14-10-22)27-11-7-6-8-12-27/h19-20H,5-18H2,1-4H3,(H,23,24). The Balaban J connectivity index is 1.75. The Bertz CT molecular complexity index is 467. The molecule has 0 aromatic rings. The third kappa shape index (κ3) is 5.38. The van der Waals surface area contributed by atoms with Gasteiger partial charge < -0.3 is 15.1 Å². The summed E-state index contributed by atoms with van der Waals surface area (Å²) >= 11 is 0. The van der Waals surface area contributed by atoms with Crippen molar-refractivity contribution in [3.05, 3.63) is 0 Å². The lowest BCUT2D eigenvalue weighted by Crippen LogP contribution is -2.58. The van der Waals surface area contributed by atoms with E-state index in [0.29, 0.717) is 0 Å². The van der Waals surface area contributed by atoms with Gasteiger partial charge in [-0.2, -0.15) is 0 Å². The molecule has 0 radical (unpaired) electrons. The highest BCUT2D eigenvalue weighted by molar-refractivity contribution is 5.80. The van der Waals surface area contributed by atoms with Crippen LogP contribution in [0.4, 0.5) is 0 Å². The normalized spacial score (nSPS) is 31.1. The minimum Gasteiger partial charge on any atom is -0.357 e. The number of nitrogens with one attached hydrogen (secondary N) is 1. The third-order valence-electron chi connectivity index (χ3n) is 6.97. The topological polar surface area (TPSA) is 34.1 Å². The molecule has 0 spiro atoms. The fourth-order valence-corrected chi connectivity index (χ4v) is 5.46. The Hall–Kier alpha value is -0.810. The molecule has 3 fully saturated rings. The van der Waals surface area contributed by atoms with Crippen LogP contribution in [0.3, 0.4) is 0 Å². The lowest BCUT2D eigenvalue weighted by atomic mass is 9.84. The van der Waals surface area contributed by atoms with E-state index >= 15 is 0 Å². The molecule has 2 atom stereocenters. The summed E-state index contributed by atoms with van der Waals surface area (Å²) in [6, 6.07) is 0. The van der Waals surface area contributed by atoms with E-state index in [9.17, 15) is 0 Å². The summed E-state index contributed by atoms with van der Waals surface area (Å²) in [4.78, 5) is 13.1. The second-order valence-electron chi connectivity index (χ2n) is 9.60. The van der Waals surface area contributed by atoms with Gasteiger partial charge in [0, 0.05) is 25.2 Å². The van der Waals surface area contributed by atoms with E-state index in [2.05, 4.69) is 47.8 Å². The zero-order valence-corrected chi connectivity index (χ0v) is 18.3. The summed E-state index contributed by atoms with van der Waals surface area (Å²) in [6.45, 7) is 16.1. The van der Waals surface area contributed by atoms with Crippen LogP contribution in [0.5, 0.6) is 0 Å². The van der Waals surface area contributed by atoms with Gasteiger partial charge in [-0.3, -0.25) is 9.89 Å². The van der Waals surface area contributed by atoms with Crippen molar-refractivity contribution < 1.29 is 0 Å². The molecule has 0 saturated carbocycles. The van der Waals surface area contributed by atoms with E-state index < -0.39 is 0 Å². The maximum Gasteiger partial charge on any atom is 0.193 e. The van der Waals surface area contributed by atoms with Crippen molar-refractivity contribution in [1.29, 1.82) is 0 Å². The predicted octanol–water partition coefficient (Wildman–Crippen LogP) is 2.88. The highest BCUT2D eigenvalue weighted by Crippen LogP contribution is 2.32. The smallest absolute Gasteiger partial charge is 0.193 e. The number of likely N-dealkylation sites (tertiary alicyclic amines) is 3. The summed E-state index contributed by atoms with van der Waals surface area (Å²) in [7, 11) is 2.27. The molecule has 5 heteroatoms. The van der Waals surface area contributed by atoms with Crippen LogP contribution < -0.4 is 5.32 Å². The maximum atomic E-state index is 5.27. The van der Waals surface area contributed by atoms with Crippen LogP contribution in [-0.2, 0) is 0 Å². The monoisotopic (exact) mass is 377 g/mol. The minimum atomic E-state index is 0.278. The first-order valence-electron chi connectivity index (χ1n) is 11.5. The fourth-order valence-electron chi connectivity index (χ4n) is 5.46. The van der Waals surface area contributed by atoms with E-state index in [1.165, 1.54) is 64.7 Å². The van der Waals surface area contributed by atoms with Crippen molar-refractivity contribution in [2.45, 2.75) is 64.8 Å². The lowest BCUT2D eigenvalue weighted by molar-refractivity contribution is 0.0205. The number of aliphatic imine (C=N–C) groups is 1. The highest BCUT2D eigenvalue weighted by Gasteiger charge is 2.39. The first kappa shape index (κ1) is 20.9. The van der Waals surface area contributed by atoms with Gasteiger partial charge in [0.25, 0.3) is 0 Å². The van der Waals surface area contributed by atoms with Crippen LogP contribution in [0, 0.1) is 11.8 Å². The Morgan fingerprint density at radius 1 is 1.00 bits per heavy atom. The van der Waals surface area contributed by atoms with Gasteiger partial charge in [-0.15, -0.1) is 0 Å². The van der Waals surface area contributed by atoms with Crippen LogP contribution in [-0.4, -0.2) is 85.6 Å². The number of hydrogen-bond acceptors (Lipinski definition) is 3. The SMILES string of the molecule is CCNC(=NCC1(N2CCCCC2)CCN(C)CC1)N1CC(C)CC(C)C1. The van der Waals surface area contributed by atoms with Gasteiger partial charge in [-0.1, -0.05) is 20.3 Å². The number of hydrogen-bond donors (Lipinski definition) is 1. The summed E-state index contributed by atoms with van der Waals surface area (Å²) in [5.74, 6) is 2.68. The molecule has 0 aromatic carbocycles. The average molecular weight is 378 g/mol. The number of guanidine groups is 1. The summed E-state index contributed by atoms with van der Waals surface area (Å²) in [5.41, 5.74) is 0.278. The molecule has 0 bridgehead atoms. The maximum absolute atomic E-state index is 5.27. The number of rotatable bonds is 4. The van der Waals surface area contributed by atoms with Gasteiger partial charge in [0.2, 0.25) is 0 Å². The summed E-state index contributed by atoms with van der Waals surface area (Å²) in [5, 5.41) is 3.61. The Morgan fingerprint density at radius 2 is 1.63 bits per heavy atom. The molecule has 2 unspecified atom stereocenters. The number of nitrogens with zero attached hydrogens (tertiary/aromatic N) is 4. The molecule has 5 nitrogen and oxygen atoms in total. The number of piperidine rings is 3. The van der Waals surface area contributed by atoms with Crippen LogP contribution >= 0.6 is 0 Å². The minimum absolute atomic E-state index is 0.278. The second kappa shape index (κ2) is 9.60. The average Bonchev–Trinajstić information content (AvgIpc) is 2.66. The zero-order valence-electron chi connectivity index (χ0n) is 18.3. The molecule has 3 aliphatic heterocycles. The Morgan fingerprint density at radius 3 is 2.22 bits per heavy atom. The molecule has 1 N–H and O–H groups in total. The molecule has 3 saturated heterocycles. The molecule has 3 heterocycles. The van der Waals surface area contributed by atoms with Gasteiger partial charge in [-0.25, -0.2) is 0 Å². The first-order valence-corrected chi connectivity index (χ1v) is 11.5. The molecule has 156 valence electrons. The predicted molar refractivity (Wildman–Crippen MR) is 115 cm³/mol. The van der Waals surface area contributed by atoms with Gasteiger partial charge in [-0.05, 0) is 84.1 Å². The fraction of sp³-hybridized carbons (Fsp3) is 0.955. The molecule has 0 aliphatic carbocycles. The molecule has 0 amide bonds. The van der Waals surface area contributed by atoms with Crippen LogP contribution in [0.25, 0.3) is 0 Å². The third-order valence-corrected chi connectivity index (χ3v) is 6.97. The molecular weight excluding hydrogens is 334 g/mol. The van der Waals surface area contributed by atoms with Crippen LogP contribution in [0.1, 0.15) is 59.3 Å². The van der Waals surface area contributed by atoms with Crippen molar-refractivity contribution in [3.8, 4) is 0 Å². The van der Waals surface area contributed by atoms with E-state index in [-0.39, 0.29) is 5.54 Å². The Kier molecular flexibility index (Phi) is 7.43. The van der Waals surface area contributed by atoms with Crippen molar-refractivity contribution in [1.82, 2.24) is 20.0 Å². The molecule has 27 heavy (non-hydrogen) atoms. The van der Waals surface area contributed by atoms with E-state index in [1.54, 1.807) is 0 Å². The van der Waals surface area contributed by atoms with E-state index in [1.807, 2.05) is 0 Å². The molecule has 3 aliphatic rings. The van der Waals surface area contributed by atoms with Gasteiger partial charge in [0.05, 0.1) is 6.54 Å². The molecular formula is C22H43N5. The lowest BCUT2D eigenvalue weighted by Gasteiger charge is -2.49. The van der Waals surface area contributed by atoms with Crippen molar-refractivity contribution in [3.63, 3.8) is 0 Å². The van der Waals surface area contributed by atoms with Crippen molar-refractivity contribution >= 4 is 5.96 Å². The van der Waals surface area contributed by atoms with E-state index in [4.69, 9.17) is 4.99 Å². The quantitative estimate of drug-likeness (QED) is 0.603. The van der Waals surface area contributed by atoms with Gasteiger partial charge >= 0.3 is 0 Å². The second-order valence-corrected chi connectivity index (χ2v) is 9.60. The Labute approximate surface area is 167 Å². The highest BCUT2D eigenvalue weighted by atomic mass is 15.3. The first-order chi connectivity index (χ1) is 13.0. The van der Waals surface area contributed by atoms with Crippen molar-refractivity contribution in [2.75, 3.05) is 59.4 Å². The largest absolute Gasteiger partial charge is 0.357 e. The zero-order chi connectivity index (χ0) is 19.3. The molecule has 0 aromatic heterocycles. The van der Waals surface area contributed by atoms with Crippen molar-refractivity contribution in [2.24, 2.45) is 16.8 Å². The van der Waals surface area contributed by atoms with Crippen LogP contribution in [0.15, 0.2) is 4.99 Å². The van der Waals surface area contributed by atoms with Crippen LogP contribution in [0.2, 0.25) is 0 Å².